The van der Waals surface area contributed by atoms with Gasteiger partial charge in [0, 0.05) is 11.3 Å². The Balaban J connectivity index is 1.66. The third-order valence-electron chi connectivity index (χ3n) is 3.75. The number of aromatic nitrogens is 2. The minimum Gasteiger partial charge on any atom is -0.484 e. The number of nitrogens with zero attached hydrogens (tertiary/aromatic N) is 3. The van der Waals surface area contributed by atoms with Crippen LogP contribution in [0.3, 0.4) is 0 Å². The maximum atomic E-state index is 12.2. The van der Waals surface area contributed by atoms with Crippen LogP contribution in [0.15, 0.2) is 33.9 Å². The molecule has 0 fully saturated rings. The van der Waals surface area contributed by atoms with Crippen molar-refractivity contribution in [2.24, 2.45) is 0 Å². The van der Waals surface area contributed by atoms with Crippen LogP contribution in [-0.4, -0.2) is 22.8 Å². The Labute approximate surface area is 175 Å². The third kappa shape index (κ3) is 5.07. The number of thioether (sulfide) groups is 1. The first-order chi connectivity index (χ1) is 14.0. The number of ether oxygens (including phenoxy) is 2. The van der Waals surface area contributed by atoms with Gasteiger partial charge in [-0.05, 0) is 31.5 Å². The standard InChI is InChI=1S/C19H18N4O4S2/c1-3-25-18(24)16-14(13(8-20)17(21)29-16)10-28-19-23-22-15(27-19)9-26-12-6-4-5-11(2)7-12/h4-7H,3,9-10,21H2,1-2H3. The fourth-order valence-corrected chi connectivity index (χ4v) is 4.28. The van der Waals surface area contributed by atoms with Crippen molar-refractivity contribution in [2.75, 3.05) is 12.3 Å². The molecule has 29 heavy (non-hydrogen) atoms. The molecule has 0 aliphatic carbocycles. The van der Waals surface area contributed by atoms with E-state index in [1.807, 2.05) is 37.3 Å². The molecule has 0 unspecified atom stereocenters. The van der Waals surface area contributed by atoms with Crippen LogP contribution in [-0.2, 0) is 17.1 Å². The molecule has 0 bridgehead atoms. The monoisotopic (exact) mass is 430 g/mol. The first-order valence-electron chi connectivity index (χ1n) is 8.64. The predicted molar refractivity (Wildman–Crippen MR) is 109 cm³/mol. The van der Waals surface area contributed by atoms with E-state index < -0.39 is 5.97 Å². The number of hydrogen-bond acceptors (Lipinski definition) is 10. The zero-order chi connectivity index (χ0) is 20.8. The van der Waals surface area contributed by atoms with Gasteiger partial charge in [-0.3, -0.25) is 0 Å². The van der Waals surface area contributed by atoms with Crippen LogP contribution >= 0.6 is 23.1 Å². The highest BCUT2D eigenvalue weighted by atomic mass is 32.2. The van der Waals surface area contributed by atoms with Crippen LogP contribution in [0.4, 0.5) is 5.00 Å². The smallest absolute Gasteiger partial charge is 0.348 e. The van der Waals surface area contributed by atoms with Gasteiger partial charge in [-0.25, -0.2) is 4.79 Å². The minimum absolute atomic E-state index is 0.139. The van der Waals surface area contributed by atoms with Gasteiger partial charge >= 0.3 is 5.97 Å². The lowest BCUT2D eigenvalue weighted by molar-refractivity contribution is 0.0531. The van der Waals surface area contributed by atoms with Gasteiger partial charge in [-0.1, -0.05) is 23.9 Å². The molecule has 10 heteroatoms. The number of nitrogens with two attached hydrogens (primary N) is 1. The Morgan fingerprint density at radius 1 is 1.41 bits per heavy atom. The van der Waals surface area contributed by atoms with E-state index in [1.54, 1.807) is 6.92 Å². The summed E-state index contributed by atoms with van der Waals surface area (Å²) in [4.78, 5) is 12.5. The highest BCUT2D eigenvalue weighted by Crippen LogP contribution is 2.35. The van der Waals surface area contributed by atoms with Crippen molar-refractivity contribution in [2.45, 2.75) is 31.4 Å². The number of anilines is 1. The molecule has 8 nitrogen and oxygen atoms in total. The molecule has 0 atom stereocenters. The van der Waals surface area contributed by atoms with Gasteiger partial charge in [-0.2, -0.15) is 5.26 Å². The number of aryl methyl sites for hydroxylation is 1. The summed E-state index contributed by atoms with van der Waals surface area (Å²) in [7, 11) is 0. The lowest BCUT2D eigenvalue weighted by atomic mass is 10.2. The minimum atomic E-state index is -0.501. The van der Waals surface area contributed by atoms with Gasteiger partial charge in [0.15, 0.2) is 6.61 Å². The summed E-state index contributed by atoms with van der Waals surface area (Å²) < 4.78 is 16.3. The van der Waals surface area contributed by atoms with Gasteiger partial charge in [-0.15, -0.1) is 21.5 Å². The van der Waals surface area contributed by atoms with Crippen molar-refractivity contribution in [3.63, 3.8) is 0 Å². The number of carbonyl (C=O) groups is 1. The molecule has 1 aromatic carbocycles. The molecule has 2 N–H and O–H groups in total. The Morgan fingerprint density at radius 2 is 2.24 bits per heavy atom. The number of nitrogen functional groups attached to an aromatic ring is 1. The average molecular weight is 431 g/mol. The van der Waals surface area contributed by atoms with E-state index in [2.05, 4.69) is 10.2 Å². The molecule has 3 aromatic rings. The normalized spacial score (nSPS) is 10.5. The highest BCUT2D eigenvalue weighted by Gasteiger charge is 2.23. The van der Waals surface area contributed by atoms with Crippen molar-refractivity contribution in [1.82, 2.24) is 10.2 Å². The third-order valence-corrected chi connectivity index (χ3v) is 5.63. The molecule has 0 saturated carbocycles. The Kier molecular flexibility index (Phi) is 6.74. The van der Waals surface area contributed by atoms with E-state index in [9.17, 15) is 10.1 Å². The summed E-state index contributed by atoms with van der Waals surface area (Å²) in [6.45, 7) is 4.07. The lowest BCUT2D eigenvalue weighted by Gasteiger charge is -2.03. The number of hydrogen-bond donors (Lipinski definition) is 1. The molecule has 0 radical (unpaired) electrons. The first-order valence-corrected chi connectivity index (χ1v) is 10.4. The van der Waals surface area contributed by atoms with Gasteiger partial charge in [0.05, 0.1) is 12.2 Å². The number of esters is 1. The van der Waals surface area contributed by atoms with E-state index in [-0.39, 0.29) is 29.5 Å². The summed E-state index contributed by atoms with van der Waals surface area (Å²) in [6, 6.07) is 9.68. The molecule has 0 aliphatic heterocycles. The van der Waals surface area contributed by atoms with Gasteiger partial charge in [0.2, 0.25) is 0 Å². The van der Waals surface area contributed by atoms with E-state index in [1.165, 1.54) is 11.8 Å². The van der Waals surface area contributed by atoms with Crippen molar-refractivity contribution in [1.29, 1.82) is 5.26 Å². The van der Waals surface area contributed by atoms with Crippen LogP contribution in [0.5, 0.6) is 5.75 Å². The zero-order valence-electron chi connectivity index (χ0n) is 15.8. The fourth-order valence-electron chi connectivity index (χ4n) is 2.45. The Morgan fingerprint density at radius 3 is 2.97 bits per heavy atom. The first kappa shape index (κ1) is 20.7. The van der Waals surface area contributed by atoms with E-state index in [0.29, 0.717) is 27.3 Å². The summed E-state index contributed by atoms with van der Waals surface area (Å²) in [5, 5.41) is 17.9. The van der Waals surface area contributed by atoms with Crippen LogP contribution in [0.1, 0.15) is 39.2 Å². The molecule has 0 saturated heterocycles. The maximum absolute atomic E-state index is 12.2. The fraction of sp³-hybridized carbons (Fsp3) is 0.263. The number of rotatable bonds is 8. The summed E-state index contributed by atoms with van der Waals surface area (Å²) >= 11 is 2.25. The van der Waals surface area contributed by atoms with Crippen LogP contribution in [0.25, 0.3) is 0 Å². The SMILES string of the molecule is CCOC(=O)c1sc(N)c(C#N)c1CSc1nnc(COc2cccc(C)c2)o1. The number of nitriles is 1. The maximum Gasteiger partial charge on any atom is 0.348 e. The number of benzene rings is 1. The van der Waals surface area contributed by atoms with Crippen molar-refractivity contribution < 1.29 is 18.7 Å². The van der Waals surface area contributed by atoms with E-state index >= 15 is 0 Å². The molecule has 3 rings (SSSR count). The van der Waals surface area contributed by atoms with Crippen molar-refractivity contribution >= 4 is 34.1 Å². The summed E-state index contributed by atoms with van der Waals surface area (Å²) in [6.07, 6.45) is 0. The topological polar surface area (TPSA) is 124 Å². The van der Waals surface area contributed by atoms with Crippen LogP contribution in [0.2, 0.25) is 0 Å². The highest BCUT2D eigenvalue weighted by molar-refractivity contribution is 7.98. The molecule has 2 aromatic heterocycles. The predicted octanol–water partition coefficient (Wildman–Crippen LogP) is 3.94. The average Bonchev–Trinajstić information content (AvgIpc) is 3.28. The Hall–Kier alpha value is -3.03. The van der Waals surface area contributed by atoms with Gasteiger partial charge in [0.25, 0.3) is 11.1 Å². The van der Waals surface area contributed by atoms with Crippen molar-refractivity contribution in [3.8, 4) is 11.8 Å². The molecular formula is C19H18N4O4S2. The lowest BCUT2D eigenvalue weighted by Crippen LogP contribution is -2.05. The quantitative estimate of drug-likeness (QED) is 0.418. The van der Waals surface area contributed by atoms with Crippen molar-refractivity contribution in [3.05, 3.63) is 51.7 Å². The second-order valence-corrected chi connectivity index (χ2v) is 7.82. The number of carbonyl (C=O) groups excluding carboxylic acids is 1. The number of thiophene rings is 1. The second kappa shape index (κ2) is 9.45. The summed E-state index contributed by atoms with van der Waals surface area (Å²) in [5.74, 6) is 0.804. The molecule has 0 spiro atoms. The van der Waals surface area contributed by atoms with Crippen LogP contribution < -0.4 is 10.5 Å². The zero-order valence-corrected chi connectivity index (χ0v) is 17.4. The van der Waals surface area contributed by atoms with E-state index in [4.69, 9.17) is 19.6 Å². The Bertz CT molecular complexity index is 1050. The molecular weight excluding hydrogens is 412 g/mol. The molecule has 150 valence electrons. The van der Waals surface area contributed by atoms with Gasteiger partial charge in [0.1, 0.15) is 21.7 Å². The largest absolute Gasteiger partial charge is 0.484 e. The molecule has 0 amide bonds. The summed E-state index contributed by atoms with van der Waals surface area (Å²) in [5.41, 5.74) is 7.74. The second-order valence-electron chi connectivity index (χ2n) is 5.84. The van der Waals surface area contributed by atoms with Gasteiger partial charge < -0.3 is 19.6 Å². The molecule has 0 aliphatic rings. The van der Waals surface area contributed by atoms with Crippen LogP contribution in [0, 0.1) is 18.3 Å². The molecule has 2 heterocycles. The van der Waals surface area contributed by atoms with E-state index in [0.717, 1.165) is 16.9 Å².